The van der Waals surface area contributed by atoms with Crippen LogP contribution in [0, 0.1) is 11.7 Å². The van der Waals surface area contributed by atoms with E-state index in [1.54, 1.807) is 30.3 Å². The zero-order chi connectivity index (χ0) is 18.4. The fourth-order valence-electron chi connectivity index (χ4n) is 2.05. The Morgan fingerprint density at radius 3 is 2.20 bits per heavy atom. The van der Waals surface area contributed by atoms with Gasteiger partial charge in [0, 0.05) is 23.0 Å². The van der Waals surface area contributed by atoms with Crippen molar-refractivity contribution in [2.75, 3.05) is 10.6 Å². The minimum Gasteiger partial charge on any atom is -0.335 e. The second-order valence-corrected chi connectivity index (χ2v) is 6.18. The standard InChI is InChI=1S/C19H22FN3O2/c1-12(2)13(3)21-19(25)23-16-8-4-6-14(10-16)18(24)22-17-9-5-7-15(20)11-17/h4-13H,1-3H3,(H,22,24)(H2,21,23,25). The molecule has 2 aromatic carbocycles. The van der Waals surface area contributed by atoms with Crippen LogP contribution in [-0.4, -0.2) is 18.0 Å². The average Bonchev–Trinajstić information content (AvgIpc) is 2.54. The normalized spacial score (nSPS) is 11.7. The van der Waals surface area contributed by atoms with Gasteiger partial charge < -0.3 is 16.0 Å². The van der Waals surface area contributed by atoms with E-state index < -0.39 is 5.82 Å². The highest BCUT2D eigenvalue weighted by atomic mass is 19.1. The maximum Gasteiger partial charge on any atom is 0.319 e. The van der Waals surface area contributed by atoms with Gasteiger partial charge in [-0.25, -0.2) is 9.18 Å². The maximum absolute atomic E-state index is 13.2. The van der Waals surface area contributed by atoms with Crippen LogP contribution in [0.4, 0.5) is 20.6 Å². The Bertz CT molecular complexity index is 762. The van der Waals surface area contributed by atoms with Crippen LogP contribution >= 0.6 is 0 Å². The first-order valence-electron chi connectivity index (χ1n) is 8.09. The Labute approximate surface area is 146 Å². The van der Waals surface area contributed by atoms with Crippen LogP contribution in [-0.2, 0) is 0 Å². The Morgan fingerprint density at radius 1 is 0.920 bits per heavy atom. The molecular formula is C19H22FN3O2. The molecule has 0 radical (unpaired) electrons. The highest BCUT2D eigenvalue weighted by molar-refractivity contribution is 6.05. The van der Waals surface area contributed by atoms with Gasteiger partial charge >= 0.3 is 6.03 Å². The van der Waals surface area contributed by atoms with Gasteiger partial charge in [-0.15, -0.1) is 0 Å². The summed E-state index contributed by atoms with van der Waals surface area (Å²) in [5.74, 6) is -0.497. The molecule has 0 heterocycles. The van der Waals surface area contributed by atoms with E-state index >= 15 is 0 Å². The summed E-state index contributed by atoms with van der Waals surface area (Å²) in [6, 6.07) is 11.9. The average molecular weight is 343 g/mol. The molecule has 0 spiro atoms. The smallest absolute Gasteiger partial charge is 0.319 e. The molecule has 0 fully saturated rings. The largest absolute Gasteiger partial charge is 0.335 e. The van der Waals surface area contributed by atoms with E-state index in [2.05, 4.69) is 16.0 Å². The quantitative estimate of drug-likeness (QED) is 0.760. The summed E-state index contributed by atoms with van der Waals surface area (Å²) in [5, 5.41) is 8.16. The summed E-state index contributed by atoms with van der Waals surface area (Å²) >= 11 is 0. The zero-order valence-electron chi connectivity index (χ0n) is 14.5. The first-order chi connectivity index (χ1) is 11.8. The molecule has 0 saturated heterocycles. The molecule has 3 amide bonds. The van der Waals surface area contributed by atoms with Crippen molar-refractivity contribution in [3.05, 3.63) is 59.9 Å². The van der Waals surface area contributed by atoms with E-state index in [1.165, 1.54) is 18.2 Å². The number of hydrogen-bond acceptors (Lipinski definition) is 2. The minimum absolute atomic E-state index is 0.0273. The van der Waals surface area contributed by atoms with Crippen molar-refractivity contribution in [3.8, 4) is 0 Å². The van der Waals surface area contributed by atoms with Crippen LogP contribution in [0.3, 0.4) is 0 Å². The Morgan fingerprint density at radius 2 is 1.56 bits per heavy atom. The van der Waals surface area contributed by atoms with Crippen molar-refractivity contribution in [1.82, 2.24) is 5.32 Å². The molecule has 1 unspecified atom stereocenters. The van der Waals surface area contributed by atoms with E-state index in [4.69, 9.17) is 0 Å². The predicted octanol–water partition coefficient (Wildman–Crippen LogP) is 4.24. The molecule has 132 valence electrons. The number of nitrogens with one attached hydrogen (secondary N) is 3. The molecule has 0 aromatic heterocycles. The van der Waals surface area contributed by atoms with Gasteiger partial charge in [0.1, 0.15) is 5.82 Å². The number of amides is 3. The van der Waals surface area contributed by atoms with Gasteiger partial charge in [0.05, 0.1) is 0 Å². The van der Waals surface area contributed by atoms with Crippen LogP contribution < -0.4 is 16.0 Å². The molecular weight excluding hydrogens is 321 g/mol. The van der Waals surface area contributed by atoms with Crippen molar-refractivity contribution in [1.29, 1.82) is 0 Å². The Hall–Kier alpha value is -2.89. The zero-order valence-corrected chi connectivity index (χ0v) is 14.5. The summed E-state index contributed by atoms with van der Waals surface area (Å²) in [7, 11) is 0. The number of rotatable bonds is 5. The Kier molecular flexibility index (Phi) is 6.11. The van der Waals surface area contributed by atoms with Crippen molar-refractivity contribution >= 4 is 23.3 Å². The predicted molar refractivity (Wildman–Crippen MR) is 97.2 cm³/mol. The van der Waals surface area contributed by atoms with Crippen LogP contribution in [0.1, 0.15) is 31.1 Å². The fraction of sp³-hybridized carbons (Fsp3) is 0.263. The highest BCUT2D eigenvalue weighted by Crippen LogP contribution is 2.14. The molecule has 5 nitrogen and oxygen atoms in total. The lowest BCUT2D eigenvalue weighted by Gasteiger charge is -2.18. The van der Waals surface area contributed by atoms with Crippen LogP contribution in [0.5, 0.6) is 0 Å². The number of benzene rings is 2. The number of hydrogen-bond donors (Lipinski definition) is 3. The van der Waals surface area contributed by atoms with E-state index in [1.807, 2.05) is 20.8 Å². The van der Waals surface area contributed by atoms with Crippen molar-refractivity contribution in [2.24, 2.45) is 5.92 Å². The van der Waals surface area contributed by atoms with Crippen molar-refractivity contribution in [2.45, 2.75) is 26.8 Å². The molecule has 2 aromatic rings. The lowest BCUT2D eigenvalue weighted by Crippen LogP contribution is -2.39. The third-order valence-electron chi connectivity index (χ3n) is 3.82. The van der Waals surface area contributed by atoms with Crippen LogP contribution in [0.25, 0.3) is 0 Å². The van der Waals surface area contributed by atoms with Gasteiger partial charge in [-0.3, -0.25) is 4.79 Å². The van der Waals surface area contributed by atoms with Crippen molar-refractivity contribution in [3.63, 3.8) is 0 Å². The number of carbonyl (C=O) groups excluding carboxylic acids is 2. The molecule has 6 heteroatoms. The second-order valence-electron chi connectivity index (χ2n) is 6.18. The summed E-state index contributed by atoms with van der Waals surface area (Å²) in [5.41, 5.74) is 1.23. The summed E-state index contributed by atoms with van der Waals surface area (Å²) in [6.07, 6.45) is 0. The fourth-order valence-corrected chi connectivity index (χ4v) is 2.05. The highest BCUT2D eigenvalue weighted by Gasteiger charge is 2.12. The summed E-state index contributed by atoms with van der Waals surface area (Å²) in [4.78, 5) is 24.2. The van der Waals surface area contributed by atoms with Gasteiger partial charge in [0.15, 0.2) is 0 Å². The lowest BCUT2D eigenvalue weighted by atomic mass is 10.1. The molecule has 1 atom stereocenters. The number of anilines is 2. The molecule has 0 aliphatic carbocycles. The molecule has 0 aliphatic heterocycles. The second kappa shape index (κ2) is 8.28. The summed E-state index contributed by atoms with van der Waals surface area (Å²) in [6.45, 7) is 5.96. The monoisotopic (exact) mass is 343 g/mol. The van der Waals surface area contributed by atoms with E-state index in [0.29, 0.717) is 22.9 Å². The molecule has 2 rings (SSSR count). The molecule has 0 bridgehead atoms. The maximum atomic E-state index is 13.2. The van der Waals surface area contributed by atoms with Gasteiger partial charge in [-0.2, -0.15) is 0 Å². The first-order valence-corrected chi connectivity index (χ1v) is 8.09. The lowest BCUT2D eigenvalue weighted by molar-refractivity contribution is 0.102. The van der Waals surface area contributed by atoms with Gasteiger partial charge in [0.2, 0.25) is 0 Å². The molecule has 0 saturated carbocycles. The Balaban J connectivity index is 2.02. The van der Waals surface area contributed by atoms with Crippen molar-refractivity contribution < 1.29 is 14.0 Å². The van der Waals surface area contributed by atoms with Gasteiger partial charge in [-0.05, 0) is 49.2 Å². The minimum atomic E-state index is -0.427. The number of urea groups is 1. The van der Waals surface area contributed by atoms with E-state index in [9.17, 15) is 14.0 Å². The van der Waals surface area contributed by atoms with Crippen LogP contribution in [0.15, 0.2) is 48.5 Å². The number of halogens is 1. The molecule has 3 N–H and O–H groups in total. The molecule has 25 heavy (non-hydrogen) atoms. The summed E-state index contributed by atoms with van der Waals surface area (Å²) < 4.78 is 13.2. The third kappa shape index (κ3) is 5.60. The SMILES string of the molecule is CC(C)C(C)NC(=O)Nc1cccc(C(=O)Nc2cccc(F)c2)c1. The molecule has 0 aliphatic rings. The van der Waals surface area contributed by atoms with E-state index in [-0.39, 0.29) is 18.0 Å². The number of carbonyl (C=O) groups is 2. The topological polar surface area (TPSA) is 70.2 Å². The van der Waals surface area contributed by atoms with Gasteiger partial charge in [-0.1, -0.05) is 26.0 Å². The van der Waals surface area contributed by atoms with Gasteiger partial charge in [0.25, 0.3) is 5.91 Å². The first kappa shape index (κ1) is 18.4. The van der Waals surface area contributed by atoms with E-state index in [0.717, 1.165) is 0 Å². The van der Waals surface area contributed by atoms with Crippen LogP contribution in [0.2, 0.25) is 0 Å². The third-order valence-corrected chi connectivity index (χ3v) is 3.82.